The van der Waals surface area contributed by atoms with Gasteiger partial charge in [0.05, 0.1) is 28.2 Å². The summed E-state index contributed by atoms with van der Waals surface area (Å²) in [6.07, 6.45) is -8.54. The number of ether oxygens (including phenoxy) is 7. The Labute approximate surface area is 294 Å². The summed E-state index contributed by atoms with van der Waals surface area (Å²) in [6, 6.07) is 15.8. The van der Waals surface area contributed by atoms with Crippen LogP contribution in [0.5, 0.6) is 0 Å². The van der Waals surface area contributed by atoms with Crippen LogP contribution >= 0.6 is 0 Å². The fourth-order valence-electron chi connectivity index (χ4n) is 8.39. The van der Waals surface area contributed by atoms with Crippen molar-refractivity contribution in [3.05, 3.63) is 71.8 Å². The summed E-state index contributed by atoms with van der Waals surface area (Å²) in [5, 5.41) is 12.8. The Hall–Kier alpha value is -4.82. The molecule has 2 aromatic carbocycles. The fourth-order valence-corrected chi connectivity index (χ4v) is 8.39. The first-order chi connectivity index (χ1) is 23.9. The van der Waals surface area contributed by atoms with E-state index in [0.717, 1.165) is 27.7 Å². The molecule has 0 amide bonds. The number of hydrogen-bond donors (Lipinski definition) is 1. The molecule has 274 valence electrons. The molecule has 2 aromatic rings. The quantitative estimate of drug-likeness (QED) is 0.295. The van der Waals surface area contributed by atoms with Gasteiger partial charge in [0, 0.05) is 34.1 Å². The first-order valence-electron chi connectivity index (χ1n) is 16.5. The van der Waals surface area contributed by atoms with Crippen molar-refractivity contribution in [1.29, 1.82) is 0 Å². The highest BCUT2D eigenvalue weighted by atomic mass is 16.7. The lowest BCUT2D eigenvalue weighted by molar-refractivity contribution is -0.362. The molecule has 2 saturated carbocycles. The minimum Gasteiger partial charge on any atom is -0.465 e. The number of rotatable bonds is 9. The van der Waals surface area contributed by atoms with Gasteiger partial charge in [-0.25, -0.2) is 9.59 Å². The Morgan fingerprint density at radius 3 is 1.63 bits per heavy atom. The van der Waals surface area contributed by atoms with Gasteiger partial charge in [0.25, 0.3) is 0 Å². The van der Waals surface area contributed by atoms with Crippen molar-refractivity contribution < 1.29 is 67.0 Å². The molecule has 2 aliphatic carbocycles. The van der Waals surface area contributed by atoms with Gasteiger partial charge < -0.3 is 38.3 Å². The first-order valence-corrected chi connectivity index (χ1v) is 16.5. The van der Waals surface area contributed by atoms with Gasteiger partial charge in [0.2, 0.25) is 0 Å². The van der Waals surface area contributed by atoms with Crippen LogP contribution in [0.2, 0.25) is 0 Å². The molecule has 1 heterocycles. The molecule has 14 heteroatoms. The summed E-state index contributed by atoms with van der Waals surface area (Å²) >= 11 is 0. The van der Waals surface area contributed by atoms with E-state index >= 15 is 0 Å². The van der Waals surface area contributed by atoms with Crippen molar-refractivity contribution in [3.63, 3.8) is 0 Å². The average molecular weight is 711 g/mol. The van der Waals surface area contributed by atoms with Crippen LogP contribution in [-0.4, -0.2) is 94.9 Å². The second-order valence-electron chi connectivity index (χ2n) is 13.9. The summed E-state index contributed by atoms with van der Waals surface area (Å²) < 4.78 is 42.8. The van der Waals surface area contributed by atoms with Crippen LogP contribution in [0.4, 0.5) is 0 Å². The monoisotopic (exact) mass is 710 g/mol. The third kappa shape index (κ3) is 6.46. The zero-order chi connectivity index (χ0) is 37.5. The second-order valence-corrected chi connectivity index (χ2v) is 13.9. The number of benzene rings is 2. The molecule has 1 aliphatic heterocycles. The van der Waals surface area contributed by atoms with Crippen LogP contribution < -0.4 is 0 Å². The molecule has 2 bridgehead atoms. The Morgan fingerprint density at radius 2 is 1.16 bits per heavy atom. The summed E-state index contributed by atoms with van der Waals surface area (Å²) in [4.78, 5) is 79.2. The van der Waals surface area contributed by atoms with Gasteiger partial charge in [-0.05, 0) is 45.0 Å². The predicted octanol–water partition coefficient (Wildman–Crippen LogP) is 3.11. The maximum atomic E-state index is 14.0. The topological polar surface area (TPSA) is 187 Å². The molecule has 1 spiro atoms. The van der Waals surface area contributed by atoms with Crippen LogP contribution in [0.15, 0.2) is 60.7 Å². The predicted molar refractivity (Wildman–Crippen MR) is 174 cm³/mol. The van der Waals surface area contributed by atoms with Gasteiger partial charge in [0.1, 0.15) is 30.3 Å². The number of hydrogen-bond acceptors (Lipinski definition) is 14. The zero-order valence-corrected chi connectivity index (χ0v) is 29.4. The molecular formula is C37H42O14. The molecule has 3 fully saturated rings. The fraction of sp³-hybridized carbons (Fsp3) is 0.514. The van der Waals surface area contributed by atoms with E-state index in [1.807, 2.05) is 0 Å². The molecule has 0 aromatic heterocycles. The smallest absolute Gasteiger partial charge is 0.338 e. The lowest BCUT2D eigenvalue weighted by Crippen LogP contribution is -2.85. The Kier molecular flexibility index (Phi) is 10.1. The number of aliphatic hydroxyl groups is 1. The van der Waals surface area contributed by atoms with Gasteiger partial charge in [-0.3, -0.25) is 19.2 Å². The molecule has 14 nitrogen and oxygen atoms in total. The van der Waals surface area contributed by atoms with Gasteiger partial charge in [-0.15, -0.1) is 0 Å². The highest BCUT2D eigenvalue weighted by Crippen LogP contribution is 2.69. The molecule has 5 rings (SSSR count). The van der Waals surface area contributed by atoms with E-state index in [1.54, 1.807) is 50.2 Å². The molecule has 51 heavy (non-hydrogen) atoms. The van der Waals surface area contributed by atoms with Gasteiger partial charge in [-0.2, -0.15) is 0 Å². The third-order valence-corrected chi connectivity index (χ3v) is 9.96. The number of carbonyl (C=O) groups is 6. The summed E-state index contributed by atoms with van der Waals surface area (Å²) in [7, 11) is 0. The normalized spacial score (nSPS) is 33.1. The zero-order valence-electron chi connectivity index (χ0n) is 29.4. The highest BCUT2D eigenvalue weighted by Gasteiger charge is 2.89. The Balaban J connectivity index is 1.90. The van der Waals surface area contributed by atoms with E-state index < -0.39 is 107 Å². The molecule has 1 saturated heterocycles. The van der Waals surface area contributed by atoms with Crippen molar-refractivity contribution >= 4 is 35.8 Å². The van der Waals surface area contributed by atoms with E-state index in [0.29, 0.717) is 0 Å². The van der Waals surface area contributed by atoms with E-state index in [4.69, 9.17) is 33.2 Å². The van der Waals surface area contributed by atoms with Crippen LogP contribution in [0, 0.1) is 11.3 Å². The maximum Gasteiger partial charge on any atom is 0.338 e. The third-order valence-electron chi connectivity index (χ3n) is 9.96. The Morgan fingerprint density at radius 1 is 0.667 bits per heavy atom. The van der Waals surface area contributed by atoms with Crippen molar-refractivity contribution in [2.24, 2.45) is 11.3 Å². The van der Waals surface area contributed by atoms with Crippen LogP contribution in [-0.2, 0) is 52.3 Å². The lowest BCUT2D eigenvalue weighted by Gasteiger charge is -2.66. The average Bonchev–Trinajstić information content (AvgIpc) is 3.25. The number of esters is 6. The van der Waals surface area contributed by atoms with Crippen molar-refractivity contribution in [2.45, 2.75) is 102 Å². The SMILES string of the molecule is CC(=O)OC[C@@]12[C@H](OC(=O)c3ccccc3)[C@@H](OC(C)=O)[C@@H]3[C@@H](OC(=O)c4ccccc4)[C@]1(OC3(C)C)[C@@](C)(O)C[C@H](OC(C)=O)[C@@H]2OC(C)=O. The minimum absolute atomic E-state index is 0.0732. The van der Waals surface area contributed by atoms with Crippen molar-refractivity contribution in [1.82, 2.24) is 0 Å². The number of fused-ring (bicyclic) bond motifs is 1. The molecular weight excluding hydrogens is 668 g/mol. The summed E-state index contributed by atoms with van der Waals surface area (Å²) in [6.45, 7) is 8.14. The summed E-state index contributed by atoms with van der Waals surface area (Å²) in [5.74, 6) is -6.35. The minimum atomic E-state index is -2.30. The molecule has 0 radical (unpaired) electrons. The standard InChI is InChI=1S/C37H42O14/c1-20(38)45-19-36-29(48-23(4)41)26(46-21(2)39)18-35(7,44)37(36)30(49-32(42)24-14-10-8-11-15-24)27(34(5,6)51-37)28(47-22(3)40)31(36)50-33(43)25-16-12-9-13-17-25/h8-17,26-31,44H,18-19H2,1-7H3/t26-,27+,28-,29-,30+,31+,35-,36+,37-/m0/s1. The maximum absolute atomic E-state index is 14.0. The van der Waals surface area contributed by atoms with Crippen molar-refractivity contribution in [2.75, 3.05) is 6.61 Å². The van der Waals surface area contributed by atoms with E-state index in [9.17, 15) is 33.9 Å². The van der Waals surface area contributed by atoms with Crippen LogP contribution in [0.3, 0.4) is 0 Å². The van der Waals surface area contributed by atoms with Crippen LogP contribution in [0.25, 0.3) is 0 Å². The molecule has 1 N–H and O–H groups in total. The van der Waals surface area contributed by atoms with Crippen LogP contribution in [0.1, 0.15) is 75.6 Å². The van der Waals surface area contributed by atoms with E-state index in [-0.39, 0.29) is 11.1 Å². The molecule has 3 aliphatic rings. The van der Waals surface area contributed by atoms with Gasteiger partial charge >= 0.3 is 35.8 Å². The largest absolute Gasteiger partial charge is 0.465 e. The van der Waals surface area contributed by atoms with E-state index in [2.05, 4.69) is 0 Å². The Bertz CT molecular complexity index is 1690. The first kappa shape index (κ1) is 37.4. The van der Waals surface area contributed by atoms with Gasteiger partial charge in [-0.1, -0.05) is 36.4 Å². The van der Waals surface area contributed by atoms with Crippen molar-refractivity contribution in [3.8, 4) is 0 Å². The van der Waals surface area contributed by atoms with Gasteiger partial charge in [0.15, 0.2) is 17.8 Å². The highest BCUT2D eigenvalue weighted by molar-refractivity contribution is 5.90. The number of carbonyl (C=O) groups excluding carboxylic acids is 6. The lowest BCUT2D eigenvalue weighted by atomic mass is 9.45. The summed E-state index contributed by atoms with van der Waals surface area (Å²) in [5.41, 5.74) is -8.04. The van der Waals surface area contributed by atoms with E-state index in [1.165, 1.54) is 31.2 Å². The molecule has 9 atom stereocenters. The molecule has 0 unspecified atom stereocenters. The second kappa shape index (κ2) is 13.7.